The molecule has 0 radical (unpaired) electrons. The lowest BCUT2D eigenvalue weighted by Gasteiger charge is -2.11. The summed E-state index contributed by atoms with van der Waals surface area (Å²) in [6, 6.07) is 13.8. The van der Waals surface area contributed by atoms with E-state index >= 15 is 0 Å². The molecule has 0 atom stereocenters. The SMILES string of the molecule is COc1cc(C)ccc1OCCSc1ccc(N)cc1. The van der Waals surface area contributed by atoms with Crippen molar-refractivity contribution in [2.75, 3.05) is 25.2 Å². The van der Waals surface area contributed by atoms with Gasteiger partial charge in [-0.25, -0.2) is 0 Å². The van der Waals surface area contributed by atoms with E-state index in [2.05, 4.69) is 0 Å². The third-order valence-corrected chi connectivity index (χ3v) is 3.79. The van der Waals surface area contributed by atoms with Gasteiger partial charge in [0.1, 0.15) is 0 Å². The zero-order chi connectivity index (χ0) is 14.4. The van der Waals surface area contributed by atoms with E-state index in [1.807, 2.05) is 49.4 Å². The first-order valence-corrected chi connectivity index (χ1v) is 7.43. The first-order chi connectivity index (χ1) is 9.69. The van der Waals surface area contributed by atoms with Crippen molar-refractivity contribution >= 4 is 17.4 Å². The summed E-state index contributed by atoms with van der Waals surface area (Å²) in [7, 11) is 1.66. The van der Waals surface area contributed by atoms with Crippen molar-refractivity contribution in [3.8, 4) is 11.5 Å². The van der Waals surface area contributed by atoms with Gasteiger partial charge in [-0.2, -0.15) is 0 Å². The first kappa shape index (κ1) is 14.6. The van der Waals surface area contributed by atoms with Gasteiger partial charge in [-0.3, -0.25) is 0 Å². The summed E-state index contributed by atoms with van der Waals surface area (Å²) in [5, 5.41) is 0. The zero-order valence-electron chi connectivity index (χ0n) is 11.8. The Morgan fingerprint density at radius 1 is 1.05 bits per heavy atom. The molecule has 0 unspecified atom stereocenters. The van der Waals surface area contributed by atoms with Crippen LogP contribution >= 0.6 is 11.8 Å². The molecule has 0 saturated carbocycles. The minimum atomic E-state index is 0.633. The van der Waals surface area contributed by atoms with Gasteiger partial charge in [0.2, 0.25) is 0 Å². The fourth-order valence-electron chi connectivity index (χ4n) is 1.77. The second kappa shape index (κ2) is 7.10. The highest BCUT2D eigenvalue weighted by Gasteiger charge is 2.04. The topological polar surface area (TPSA) is 44.5 Å². The summed E-state index contributed by atoms with van der Waals surface area (Å²) in [5.74, 6) is 2.44. The van der Waals surface area contributed by atoms with Crippen LogP contribution in [-0.2, 0) is 0 Å². The fourth-order valence-corrected chi connectivity index (χ4v) is 2.50. The first-order valence-electron chi connectivity index (χ1n) is 6.45. The number of hydrogen-bond acceptors (Lipinski definition) is 4. The summed E-state index contributed by atoms with van der Waals surface area (Å²) in [5.41, 5.74) is 7.60. The van der Waals surface area contributed by atoms with Crippen molar-refractivity contribution in [1.29, 1.82) is 0 Å². The molecule has 0 fully saturated rings. The lowest BCUT2D eigenvalue weighted by atomic mass is 10.2. The molecule has 0 spiro atoms. The molecule has 0 heterocycles. The van der Waals surface area contributed by atoms with Crippen molar-refractivity contribution in [1.82, 2.24) is 0 Å². The van der Waals surface area contributed by atoms with E-state index in [0.29, 0.717) is 6.61 Å². The van der Waals surface area contributed by atoms with E-state index in [1.165, 1.54) is 4.90 Å². The van der Waals surface area contributed by atoms with Gasteiger partial charge in [0, 0.05) is 16.3 Å². The molecule has 0 saturated heterocycles. The highest BCUT2D eigenvalue weighted by molar-refractivity contribution is 7.99. The smallest absolute Gasteiger partial charge is 0.161 e. The predicted molar refractivity (Wildman–Crippen MR) is 84.8 cm³/mol. The van der Waals surface area contributed by atoms with Gasteiger partial charge < -0.3 is 15.2 Å². The quantitative estimate of drug-likeness (QED) is 0.499. The molecule has 3 nitrogen and oxygen atoms in total. The number of ether oxygens (including phenoxy) is 2. The third kappa shape index (κ3) is 4.10. The van der Waals surface area contributed by atoms with Crippen LogP contribution in [0, 0.1) is 6.92 Å². The van der Waals surface area contributed by atoms with Crippen molar-refractivity contribution in [3.05, 3.63) is 48.0 Å². The van der Waals surface area contributed by atoms with Gasteiger partial charge in [0.15, 0.2) is 11.5 Å². The normalized spacial score (nSPS) is 10.3. The summed E-state index contributed by atoms with van der Waals surface area (Å²) < 4.78 is 11.1. The molecule has 4 heteroatoms. The molecule has 2 N–H and O–H groups in total. The average Bonchev–Trinajstić information content (AvgIpc) is 2.46. The molecule has 0 bridgehead atoms. The average molecular weight is 289 g/mol. The summed E-state index contributed by atoms with van der Waals surface area (Å²) >= 11 is 1.74. The number of nitrogen functional groups attached to an aromatic ring is 1. The Morgan fingerprint density at radius 2 is 1.80 bits per heavy atom. The van der Waals surface area contributed by atoms with Crippen LogP contribution in [0.25, 0.3) is 0 Å². The Kier molecular flexibility index (Phi) is 5.18. The molecule has 0 aliphatic carbocycles. The van der Waals surface area contributed by atoms with Crippen LogP contribution in [0.5, 0.6) is 11.5 Å². The van der Waals surface area contributed by atoms with E-state index in [1.54, 1.807) is 18.9 Å². The van der Waals surface area contributed by atoms with Gasteiger partial charge in [-0.15, -0.1) is 11.8 Å². The number of nitrogens with two attached hydrogens (primary N) is 1. The van der Waals surface area contributed by atoms with Crippen LogP contribution in [0.15, 0.2) is 47.4 Å². The summed E-state index contributed by atoms with van der Waals surface area (Å²) in [6.07, 6.45) is 0. The Hall–Kier alpha value is -1.81. The number of rotatable bonds is 6. The molecule has 2 aromatic carbocycles. The van der Waals surface area contributed by atoms with Gasteiger partial charge in [-0.05, 0) is 48.9 Å². The van der Waals surface area contributed by atoms with Crippen LogP contribution in [-0.4, -0.2) is 19.5 Å². The number of hydrogen-bond donors (Lipinski definition) is 1. The number of methoxy groups -OCH3 is 1. The van der Waals surface area contributed by atoms with Gasteiger partial charge in [0.25, 0.3) is 0 Å². The molecule has 0 aliphatic heterocycles. The highest BCUT2D eigenvalue weighted by Crippen LogP contribution is 2.28. The van der Waals surface area contributed by atoms with Crippen molar-refractivity contribution in [3.63, 3.8) is 0 Å². The lowest BCUT2D eigenvalue weighted by molar-refractivity contribution is 0.313. The van der Waals surface area contributed by atoms with Crippen LogP contribution in [0.3, 0.4) is 0 Å². The summed E-state index contributed by atoms with van der Waals surface area (Å²) in [6.45, 7) is 2.66. The molecule has 2 rings (SSSR count). The summed E-state index contributed by atoms with van der Waals surface area (Å²) in [4.78, 5) is 1.19. The number of benzene rings is 2. The molecule has 20 heavy (non-hydrogen) atoms. The fraction of sp³-hybridized carbons (Fsp3) is 0.250. The van der Waals surface area contributed by atoms with Crippen molar-refractivity contribution in [2.45, 2.75) is 11.8 Å². The lowest BCUT2D eigenvalue weighted by Crippen LogP contribution is -2.01. The van der Waals surface area contributed by atoms with Gasteiger partial charge >= 0.3 is 0 Å². The second-order valence-corrected chi connectivity index (χ2v) is 5.59. The minimum absolute atomic E-state index is 0.633. The van der Waals surface area contributed by atoms with Gasteiger partial charge in [-0.1, -0.05) is 6.07 Å². The van der Waals surface area contributed by atoms with Crippen molar-refractivity contribution in [2.24, 2.45) is 0 Å². The van der Waals surface area contributed by atoms with Crippen LogP contribution < -0.4 is 15.2 Å². The maximum absolute atomic E-state index is 5.76. The Bertz CT molecular complexity index is 555. The third-order valence-electron chi connectivity index (χ3n) is 2.81. The Morgan fingerprint density at radius 3 is 2.50 bits per heavy atom. The molecule has 2 aromatic rings. The monoisotopic (exact) mass is 289 g/mol. The van der Waals surface area contributed by atoms with Crippen molar-refractivity contribution < 1.29 is 9.47 Å². The van der Waals surface area contributed by atoms with E-state index in [4.69, 9.17) is 15.2 Å². The Balaban J connectivity index is 1.82. The number of thioether (sulfide) groups is 1. The number of aryl methyl sites for hydroxylation is 1. The molecule has 0 amide bonds. The standard InChI is InChI=1S/C16H19NO2S/c1-12-3-8-15(16(11-12)18-2)19-9-10-20-14-6-4-13(17)5-7-14/h3-8,11H,9-10,17H2,1-2H3. The van der Waals surface area contributed by atoms with E-state index < -0.39 is 0 Å². The largest absolute Gasteiger partial charge is 0.493 e. The van der Waals surface area contributed by atoms with E-state index in [-0.39, 0.29) is 0 Å². The van der Waals surface area contributed by atoms with E-state index in [9.17, 15) is 0 Å². The minimum Gasteiger partial charge on any atom is -0.493 e. The molecular weight excluding hydrogens is 270 g/mol. The van der Waals surface area contributed by atoms with Crippen LogP contribution in [0.4, 0.5) is 5.69 Å². The molecule has 106 valence electrons. The molecular formula is C16H19NO2S. The maximum atomic E-state index is 5.76. The maximum Gasteiger partial charge on any atom is 0.161 e. The van der Waals surface area contributed by atoms with Crippen LogP contribution in [0.1, 0.15) is 5.56 Å². The van der Waals surface area contributed by atoms with E-state index in [0.717, 1.165) is 28.5 Å². The predicted octanol–water partition coefficient (Wildman–Crippen LogP) is 3.76. The molecule has 0 aliphatic rings. The Labute approximate surface area is 124 Å². The highest BCUT2D eigenvalue weighted by atomic mass is 32.2. The second-order valence-electron chi connectivity index (χ2n) is 4.42. The molecule has 0 aromatic heterocycles. The zero-order valence-corrected chi connectivity index (χ0v) is 12.6. The van der Waals surface area contributed by atoms with Crippen LogP contribution in [0.2, 0.25) is 0 Å². The number of anilines is 1. The van der Waals surface area contributed by atoms with Gasteiger partial charge in [0.05, 0.1) is 13.7 Å².